The summed E-state index contributed by atoms with van der Waals surface area (Å²) < 4.78 is 0. The summed E-state index contributed by atoms with van der Waals surface area (Å²) in [6.07, 6.45) is 1.93. The Balaban J connectivity index is 1.67. The molecule has 1 aromatic carbocycles. The minimum Gasteiger partial charge on any atom is -0.321 e. The Hall–Kier alpha value is -2.37. The number of aromatic amines is 2. The second-order valence-corrected chi connectivity index (χ2v) is 6.87. The second-order valence-electron chi connectivity index (χ2n) is 6.47. The average molecular weight is 356 g/mol. The van der Waals surface area contributed by atoms with E-state index in [1.807, 2.05) is 18.3 Å². The summed E-state index contributed by atoms with van der Waals surface area (Å²) in [6, 6.07) is 11.4. The third-order valence-corrected chi connectivity index (χ3v) is 5.12. The van der Waals surface area contributed by atoms with Crippen LogP contribution < -0.4 is 15.4 Å². The zero-order chi connectivity index (χ0) is 17.4. The van der Waals surface area contributed by atoms with E-state index in [9.17, 15) is 4.79 Å². The topological polar surface area (TPSA) is 53.5 Å². The quantitative estimate of drug-likeness (QED) is 0.768. The van der Waals surface area contributed by atoms with Gasteiger partial charge >= 0.3 is 0 Å². The van der Waals surface area contributed by atoms with Crippen molar-refractivity contribution < 1.29 is 4.98 Å². The van der Waals surface area contributed by atoms with Crippen LogP contribution in [0.2, 0.25) is 5.02 Å². The Morgan fingerprint density at radius 3 is 2.60 bits per heavy atom. The first-order valence-electron chi connectivity index (χ1n) is 8.39. The Kier molecular flexibility index (Phi) is 4.19. The number of pyridine rings is 2. The molecule has 2 N–H and O–H groups in total. The maximum Gasteiger partial charge on any atom is 0.274 e. The molecule has 0 amide bonds. The molecule has 0 unspecified atom stereocenters. The van der Waals surface area contributed by atoms with Crippen molar-refractivity contribution >= 4 is 28.2 Å². The van der Waals surface area contributed by atoms with Crippen LogP contribution >= 0.6 is 11.6 Å². The van der Waals surface area contributed by atoms with Crippen molar-refractivity contribution in [2.45, 2.75) is 0 Å². The van der Waals surface area contributed by atoms with Crippen LogP contribution in [0.4, 0.5) is 5.82 Å². The third-order valence-electron chi connectivity index (χ3n) is 4.79. The van der Waals surface area contributed by atoms with Crippen LogP contribution in [0, 0.1) is 0 Å². The Morgan fingerprint density at radius 1 is 1.08 bits per heavy atom. The van der Waals surface area contributed by atoms with Crippen LogP contribution in [-0.4, -0.2) is 43.1 Å². The van der Waals surface area contributed by atoms with Crippen molar-refractivity contribution in [3.05, 3.63) is 58.0 Å². The number of nitrogens with one attached hydrogen (secondary N) is 2. The number of rotatable bonds is 2. The standard InChI is InChI=1S/C19H19ClN4O/c1-23-7-9-24(10-8-23)18-6-5-13(12-21-18)17-11-15-14(19(25)22-17)3-2-4-16(15)20/h2-6,11-12H,7-10H2,1H3,(H,22,25)/p+1. The summed E-state index contributed by atoms with van der Waals surface area (Å²) in [4.78, 5) is 23.3. The zero-order valence-corrected chi connectivity index (χ0v) is 14.8. The summed E-state index contributed by atoms with van der Waals surface area (Å²) in [5.74, 6) is 1.10. The molecule has 0 atom stereocenters. The largest absolute Gasteiger partial charge is 0.321 e. The fraction of sp³-hybridized carbons (Fsp3) is 0.263. The van der Waals surface area contributed by atoms with Crippen LogP contribution in [0.1, 0.15) is 0 Å². The summed E-state index contributed by atoms with van der Waals surface area (Å²) >= 11 is 6.26. The molecule has 5 nitrogen and oxygen atoms in total. The van der Waals surface area contributed by atoms with E-state index in [0.717, 1.165) is 48.6 Å². The summed E-state index contributed by atoms with van der Waals surface area (Å²) in [5, 5.41) is 1.96. The highest BCUT2D eigenvalue weighted by molar-refractivity contribution is 6.35. The molecule has 1 fully saturated rings. The van der Waals surface area contributed by atoms with E-state index < -0.39 is 0 Å². The molecule has 3 aromatic rings. The van der Waals surface area contributed by atoms with E-state index in [2.05, 4.69) is 32.9 Å². The molecule has 0 aliphatic carbocycles. The SMILES string of the molecule is CN1CCN(c2ccc(-c3cc4c(Cl)cccc4c(=O)[nH]3)c[nH+]2)CC1. The number of benzene rings is 1. The van der Waals surface area contributed by atoms with Crippen LogP contribution in [0.25, 0.3) is 22.0 Å². The molecule has 6 heteroatoms. The number of nitrogens with zero attached hydrogens (tertiary/aromatic N) is 2. The normalized spacial score (nSPS) is 15.7. The van der Waals surface area contributed by atoms with Crippen LogP contribution in [-0.2, 0) is 0 Å². The molecule has 2 aromatic heterocycles. The molecule has 25 heavy (non-hydrogen) atoms. The van der Waals surface area contributed by atoms with Crippen LogP contribution in [0.3, 0.4) is 0 Å². The minimum absolute atomic E-state index is 0.127. The molecule has 1 aliphatic heterocycles. The van der Waals surface area contributed by atoms with Crippen molar-refractivity contribution in [3.63, 3.8) is 0 Å². The Labute approximate surface area is 150 Å². The molecule has 3 heterocycles. The maximum absolute atomic E-state index is 12.3. The van der Waals surface area contributed by atoms with Gasteiger partial charge in [-0.1, -0.05) is 17.7 Å². The third kappa shape index (κ3) is 3.13. The molecular weight excluding hydrogens is 336 g/mol. The van der Waals surface area contributed by atoms with Crippen molar-refractivity contribution in [2.75, 3.05) is 38.1 Å². The van der Waals surface area contributed by atoms with E-state index in [0.29, 0.717) is 10.4 Å². The van der Waals surface area contributed by atoms with E-state index in [4.69, 9.17) is 11.6 Å². The fourth-order valence-electron chi connectivity index (χ4n) is 3.24. The summed E-state index contributed by atoms with van der Waals surface area (Å²) in [5.41, 5.74) is 1.56. The highest BCUT2D eigenvalue weighted by atomic mass is 35.5. The number of piperazine rings is 1. The van der Waals surface area contributed by atoms with Crippen LogP contribution in [0.15, 0.2) is 47.4 Å². The number of hydrogen-bond acceptors (Lipinski definition) is 3. The van der Waals surface area contributed by atoms with Gasteiger partial charge in [0.15, 0.2) is 0 Å². The first kappa shape index (κ1) is 16.1. The predicted octanol–water partition coefficient (Wildman–Crippen LogP) is 2.41. The van der Waals surface area contributed by atoms with E-state index in [-0.39, 0.29) is 5.56 Å². The Morgan fingerprint density at radius 2 is 1.88 bits per heavy atom. The monoisotopic (exact) mass is 355 g/mol. The fourth-order valence-corrected chi connectivity index (χ4v) is 3.46. The van der Waals surface area contributed by atoms with Crippen LogP contribution in [0.5, 0.6) is 0 Å². The molecule has 1 saturated heterocycles. The first-order valence-corrected chi connectivity index (χ1v) is 8.77. The number of aromatic nitrogens is 2. The molecule has 1 aliphatic rings. The molecule has 0 radical (unpaired) electrons. The van der Waals surface area contributed by atoms with Gasteiger partial charge in [-0.3, -0.25) is 14.6 Å². The van der Waals surface area contributed by atoms with Gasteiger partial charge in [0.25, 0.3) is 11.4 Å². The molecule has 0 saturated carbocycles. The molecule has 0 spiro atoms. The van der Waals surface area contributed by atoms with Gasteiger partial charge in [0.05, 0.1) is 25.0 Å². The van der Waals surface area contributed by atoms with Crippen molar-refractivity contribution in [1.82, 2.24) is 9.88 Å². The highest BCUT2D eigenvalue weighted by Gasteiger charge is 2.21. The number of hydrogen-bond donors (Lipinski definition) is 1. The minimum atomic E-state index is -0.127. The summed E-state index contributed by atoms with van der Waals surface area (Å²) in [6.45, 7) is 4.14. The zero-order valence-electron chi connectivity index (χ0n) is 14.1. The van der Waals surface area contributed by atoms with Gasteiger partial charge in [-0.05, 0) is 31.3 Å². The molecule has 4 rings (SSSR count). The summed E-state index contributed by atoms with van der Waals surface area (Å²) in [7, 11) is 2.14. The Bertz CT molecular complexity index is 959. The number of likely N-dealkylation sites (N-methyl/N-ethyl adjacent to an activating group) is 1. The van der Waals surface area contributed by atoms with Crippen molar-refractivity contribution in [3.8, 4) is 11.3 Å². The molecule has 0 bridgehead atoms. The van der Waals surface area contributed by atoms with Gasteiger partial charge in [0, 0.05) is 40.5 Å². The van der Waals surface area contributed by atoms with Gasteiger partial charge in [-0.2, -0.15) is 0 Å². The van der Waals surface area contributed by atoms with Gasteiger partial charge in [-0.25, -0.2) is 4.98 Å². The lowest BCUT2D eigenvalue weighted by atomic mass is 10.1. The molecular formula is C19H20ClN4O+. The van der Waals surface area contributed by atoms with E-state index in [1.54, 1.807) is 18.2 Å². The first-order chi connectivity index (χ1) is 12.1. The number of H-pyrrole nitrogens is 2. The predicted molar refractivity (Wildman–Crippen MR) is 101 cm³/mol. The number of halogens is 1. The van der Waals surface area contributed by atoms with Gasteiger partial charge in [-0.15, -0.1) is 0 Å². The van der Waals surface area contributed by atoms with Gasteiger partial charge in [0.1, 0.15) is 0 Å². The van der Waals surface area contributed by atoms with E-state index >= 15 is 0 Å². The van der Waals surface area contributed by atoms with Gasteiger partial charge < -0.3 is 4.98 Å². The van der Waals surface area contributed by atoms with Crippen molar-refractivity contribution in [2.24, 2.45) is 0 Å². The average Bonchev–Trinajstić information content (AvgIpc) is 2.63. The molecule has 128 valence electrons. The maximum atomic E-state index is 12.3. The lowest BCUT2D eigenvalue weighted by molar-refractivity contribution is -0.363. The smallest absolute Gasteiger partial charge is 0.274 e. The number of anilines is 1. The van der Waals surface area contributed by atoms with Gasteiger partial charge in [0.2, 0.25) is 0 Å². The number of fused-ring (bicyclic) bond motifs is 1. The second kappa shape index (κ2) is 6.50. The lowest BCUT2D eigenvalue weighted by Crippen LogP contribution is -2.46. The lowest BCUT2D eigenvalue weighted by Gasteiger charge is -2.27. The van der Waals surface area contributed by atoms with E-state index in [1.165, 1.54) is 0 Å². The van der Waals surface area contributed by atoms with Crippen molar-refractivity contribution in [1.29, 1.82) is 0 Å². The highest BCUT2D eigenvalue weighted by Crippen LogP contribution is 2.25.